The molecule has 0 radical (unpaired) electrons. The van der Waals surface area contributed by atoms with Gasteiger partial charge in [-0.15, -0.1) is 0 Å². The molecule has 1 aliphatic rings. The van der Waals surface area contributed by atoms with Gasteiger partial charge in [-0.3, -0.25) is 8.97 Å². The number of benzene rings is 7. The molecule has 12 rings (SSSR count). The zero-order chi connectivity index (χ0) is 38.4. The molecule has 5 heterocycles. The van der Waals surface area contributed by atoms with Crippen molar-refractivity contribution in [2.45, 2.75) is 16.0 Å². The molecule has 1 atom stereocenters. The lowest BCUT2D eigenvalue weighted by atomic mass is 9.98. The number of nitrogens with zero attached hydrogens (tertiary/aromatic N) is 4. The lowest BCUT2D eigenvalue weighted by Crippen LogP contribution is -2.76. The van der Waals surface area contributed by atoms with Crippen LogP contribution in [-0.4, -0.2) is 27.0 Å². The third kappa shape index (κ3) is 4.68. The Morgan fingerprint density at radius 2 is 1.24 bits per heavy atom. The van der Waals surface area contributed by atoms with E-state index in [1.165, 1.54) is 35.9 Å². The van der Waals surface area contributed by atoms with Crippen LogP contribution in [0.2, 0.25) is 0 Å². The highest BCUT2D eigenvalue weighted by Gasteiger charge is 2.48. The first-order valence-electron chi connectivity index (χ1n) is 19.5. The normalized spacial score (nSPS) is 13.9. The minimum Gasteiger partial charge on any atom is -0.299 e. The summed E-state index contributed by atoms with van der Waals surface area (Å²) >= 11 is 1.86. The highest BCUT2D eigenvalue weighted by atomic mass is 32.2. The molecule has 0 saturated heterocycles. The number of imidazole rings is 1. The summed E-state index contributed by atoms with van der Waals surface area (Å²) in [6.45, 7) is 0. The fourth-order valence-corrected chi connectivity index (χ4v) is 16.9. The summed E-state index contributed by atoms with van der Waals surface area (Å²) in [6.07, 6.45) is 4.29. The Labute approximate surface area is 338 Å². The first kappa shape index (κ1) is 33.3. The standard InChI is InChI=1S/C51H33FN4SSi/c52-48(34-24-25-38-39-19-7-8-21-42(39)55-30-29-54-50(55)41(38)32-34)33-13-11-14-35(31-33)56-43-26-27-45-49(47(43)40-20-12-28-53-51(40)56)58(36-15-3-1-4-16-36,37-17-5-2-6-18-37)46-23-10-9-22-44(46)57-45/h1-32,48H. The van der Waals surface area contributed by atoms with Gasteiger partial charge in [0.1, 0.15) is 11.3 Å². The van der Waals surface area contributed by atoms with Gasteiger partial charge >= 0.3 is 0 Å². The molecule has 1 unspecified atom stereocenters. The van der Waals surface area contributed by atoms with Crippen molar-refractivity contribution in [1.82, 2.24) is 18.9 Å². The predicted molar refractivity (Wildman–Crippen MR) is 239 cm³/mol. The van der Waals surface area contributed by atoms with Gasteiger partial charge in [0.2, 0.25) is 0 Å². The minimum atomic E-state index is -2.90. The van der Waals surface area contributed by atoms with Gasteiger partial charge in [-0.1, -0.05) is 133 Å². The molecule has 0 N–H and O–H groups in total. The van der Waals surface area contributed by atoms with Crippen LogP contribution < -0.4 is 20.7 Å². The van der Waals surface area contributed by atoms with E-state index in [-0.39, 0.29) is 0 Å². The molecular weight excluding hydrogens is 748 g/mol. The van der Waals surface area contributed by atoms with Crippen molar-refractivity contribution in [3.63, 3.8) is 0 Å². The molecule has 7 aromatic carbocycles. The van der Waals surface area contributed by atoms with Crippen molar-refractivity contribution < 1.29 is 4.39 Å². The molecular formula is C51H33FN4SSi. The van der Waals surface area contributed by atoms with E-state index < -0.39 is 14.2 Å². The van der Waals surface area contributed by atoms with Gasteiger partial charge in [-0.25, -0.2) is 14.4 Å². The number of pyridine rings is 2. The first-order chi connectivity index (χ1) is 28.7. The molecule has 7 heteroatoms. The molecule has 274 valence electrons. The summed E-state index contributed by atoms with van der Waals surface area (Å²) in [4.78, 5) is 12.3. The van der Waals surface area contributed by atoms with E-state index in [0.29, 0.717) is 11.1 Å². The van der Waals surface area contributed by atoms with Crippen LogP contribution in [0.1, 0.15) is 17.3 Å². The molecule has 0 spiro atoms. The molecule has 0 bridgehead atoms. The number of hydrogen-bond donors (Lipinski definition) is 0. The SMILES string of the molecule is FC(c1cccc(-n2c3ccc4c(c3c3cccnc32)[Si](c2ccccc2)(c2ccccc2)c2ccccc2S4)c1)c1ccc2c3ccccc3n3ccnc3c2c1. The maximum absolute atomic E-state index is 17.1. The Balaban J connectivity index is 1.08. The van der Waals surface area contributed by atoms with Crippen LogP contribution >= 0.6 is 11.8 Å². The molecule has 58 heavy (non-hydrogen) atoms. The molecule has 0 amide bonds. The second kappa shape index (κ2) is 12.9. The molecule has 1 aliphatic heterocycles. The third-order valence-corrected chi connectivity index (χ3v) is 18.5. The van der Waals surface area contributed by atoms with Crippen LogP contribution in [0.3, 0.4) is 0 Å². The molecule has 0 aliphatic carbocycles. The van der Waals surface area contributed by atoms with E-state index in [2.05, 4.69) is 130 Å². The average molecular weight is 781 g/mol. The molecule has 4 nitrogen and oxygen atoms in total. The average Bonchev–Trinajstić information content (AvgIpc) is 3.93. The quantitative estimate of drug-likeness (QED) is 0.129. The monoisotopic (exact) mass is 780 g/mol. The van der Waals surface area contributed by atoms with Crippen molar-refractivity contribution >= 4 is 89.8 Å². The Bertz CT molecular complexity index is 3370. The highest BCUT2D eigenvalue weighted by Crippen LogP contribution is 2.40. The smallest absolute Gasteiger partial charge is 0.182 e. The van der Waals surface area contributed by atoms with Crippen molar-refractivity contribution in [3.05, 3.63) is 206 Å². The Kier molecular flexibility index (Phi) is 7.39. The topological polar surface area (TPSA) is 35.1 Å². The second-order valence-corrected chi connectivity index (χ2v) is 19.8. The largest absolute Gasteiger partial charge is 0.299 e. The van der Waals surface area contributed by atoms with Gasteiger partial charge in [0.15, 0.2) is 14.2 Å². The number of para-hydroxylation sites is 1. The Hall–Kier alpha value is -6.80. The van der Waals surface area contributed by atoms with Gasteiger partial charge in [0.25, 0.3) is 0 Å². The summed E-state index contributed by atoms with van der Waals surface area (Å²) in [5.41, 5.74) is 5.86. The van der Waals surface area contributed by atoms with Crippen molar-refractivity contribution in [2.75, 3.05) is 0 Å². The van der Waals surface area contributed by atoms with Crippen molar-refractivity contribution in [3.8, 4) is 5.69 Å². The lowest BCUT2D eigenvalue weighted by Gasteiger charge is -2.40. The zero-order valence-corrected chi connectivity index (χ0v) is 32.9. The summed E-state index contributed by atoms with van der Waals surface area (Å²) in [5, 5.41) is 10.8. The Morgan fingerprint density at radius 1 is 0.517 bits per heavy atom. The summed E-state index contributed by atoms with van der Waals surface area (Å²) < 4.78 is 21.4. The van der Waals surface area contributed by atoms with E-state index in [1.54, 1.807) is 0 Å². The lowest BCUT2D eigenvalue weighted by molar-refractivity contribution is 0.402. The minimum absolute atomic E-state index is 0.586. The maximum atomic E-state index is 17.1. The molecule has 11 aromatic rings. The fraction of sp³-hybridized carbons (Fsp3) is 0.0196. The van der Waals surface area contributed by atoms with Crippen LogP contribution in [0.25, 0.3) is 54.9 Å². The number of hydrogen-bond acceptors (Lipinski definition) is 3. The fourth-order valence-electron chi connectivity index (χ4n) is 9.66. The number of fused-ring (bicyclic) bond motifs is 12. The van der Waals surface area contributed by atoms with Gasteiger partial charge in [-0.05, 0) is 91.9 Å². The van der Waals surface area contributed by atoms with E-state index in [0.717, 1.165) is 49.6 Å². The van der Waals surface area contributed by atoms with Crippen molar-refractivity contribution in [2.24, 2.45) is 0 Å². The van der Waals surface area contributed by atoms with Crippen LogP contribution in [-0.2, 0) is 0 Å². The molecule has 0 fully saturated rings. The summed E-state index contributed by atoms with van der Waals surface area (Å²) in [7, 11) is -2.90. The zero-order valence-electron chi connectivity index (χ0n) is 31.1. The number of rotatable bonds is 5. The highest BCUT2D eigenvalue weighted by molar-refractivity contribution is 8.00. The molecule has 4 aromatic heterocycles. The number of halogens is 1. The number of alkyl halides is 1. The van der Waals surface area contributed by atoms with Crippen LogP contribution in [0, 0.1) is 0 Å². The maximum Gasteiger partial charge on any atom is 0.182 e. The third-order valence-electron chi connectivity index (χ3n) is 12.0. The molecule has 0 saturated carbocycles. The van der Waals surface area contributed by atoms with Gasteiger partial charge in [0.05, 0.1) is 11.0 Å². The van der Waals surface area contributed by atoms with Crippen LogP contribution in [0.5, 0.6) is 0 Å². The van der Waals surface area contributed by atoms with Gasteiger partial charge < -0.3 is 0 Å². The Morgan fingerprint density at radius 3 is 2.09 bits per heavy atom. The van der Waals surface area contributed by atoms with Crippen LogP contribution in [0.4, 0.5) is 4.39 Å². The van der Waals surface area contributed by atoms with Crippen molar-refractivity contribution in [1.29, 1.82) is 0 Å². The summed E-state index contributed by atoms with van der Waals surface area (Å²) in [5.74, 6) is 0. The van der Waals surface area contributed by atoms with E-state index in [9.17, 15) is 0 Å². The predicted octanol–water partition coefficient (Wildman–Crippen LogP) is 10.0. The second-order valence-electron chi connectivity index (χ2n) is 15.0. The van der Waals surface area contributed by atoms with E-state index >= 15 is 4.39 Å². The van der Waals surface area contributed by atoms with E-state index in [1.807, 2.05) is 84.9 Å². The summed E-state index contributed by atoms with van der Waals surface area (Å²) in [6, 6.07) is 62.2. The number of aromatic nitrogens is 4. The van der Waals surface area contributed by atoms with Gasteiger partial charge in [0, 0.05) is 55.6 Å². The first-order valence-corrected chi connectivity index (χ1v) is 22.3. The van der Waals surface area contributed by atoms with Gasteiger partial charge in [-0.2, -0.15) is 0 Å². The van der Waals surface area contributed by atoms with E-state index in [4.69, 9.17) is 9.97 Å². The van der Waals surface area contributed by atoms with Crippen LogP contribution in [0.15, 0.2) is 204 Å².